The molecule has 2 rings (SSSR count). The third kappa shape index (κ3) is 5.46. The van der Waals surface area contributed by atoms with Gasteiger partial charge >= 0.3 is 0 Å². The molecular formula is C15H23NO4. The molecule has 0 bridgehead atoms. The molecule has 0 aromatic heterocycles. The van der Waals surface area contributed by atoms with E-state index in [0.717, 1.165) is 5.75 Å². The molecule has 0 amide bonds. The second kappa shape index (κ2) is 8.21. The van der Waals surface area contributed by atoms with E-state index in [4.69, 9.17) is 14.2 Å². The van der Waals surface area contributed by atoms with Gasteiger partial charge in [0.15, 0.2) is 0 Å². The summed E-state index contributed by atoms with van der Waals surface area (Å²) < 4.78 is 16.3. The second-order valence-corrected chi connectivity index (χ2v) is 5.00. The van der Waals surface area contributed by atoms with E-state index in [9.17, 15) is 5.11 Å². The number of benzene rings is 1. The molecule has 1 heterocycles. The lowest BCUT2D eigenvalue weighted by Gasteiger charge is -2.23. The van der Waals surface area contributed by atoms with Gasteiger partial charge in [0, 0.05) is 13.1 Å². The number of aryl methyl sites for hydroxylation is 1. The number of nitrogens with one attached hydrogen (secondary N) is 1. The van der Waals surface area contributed by atoms with E-state index >= 15 is 0 Å². The van der Waals surface area contributed by atoms with Gasteiger partial charge < -0.3 is 24.6 Å². The molecule has 112 valence electrons. The molecule has 0 spiro atoms. The van der Waals surface area contributed by atoms with E-state index in [0.29, 0.717) is 32.9 Å². The molecule has 0 saturated carbocycles. The first-order valence-corrected chi connectivity index (χ1v) is 7.01. The lowest BCUT2D eigenvalue weighted by atomic mass is 10.2. The monoisotopic (exact) mass is 281 g/mol. The summed E-state index contributed by atoms with van der Waals surface area (Å²) >= 11 is 0. The van der Waals surface area contributed by atoms with Gasteiger partial charge in [-0.05, 0) is 19.1 Å². The summed E-state index contributed by atoms with van der Waals surface area (Å²) in [5.41, 5.74) is 1.19. The normalized spacial score (nSPS) is 20.6. The fourth-order valence-corrected chi connectivity index (χ4v) is 1.95. The zero-order valence-electron chi connectivity index (χ0n) is 11.9. The molecule has 2 N–H and O–H groups in total. The van der Waals surface area contributed by atoms with Gasteiger partial charge in [-0.25, -0.2) is 0 Å². The topological polar surface area (TPSA) is 60.0 Å². The zero-order valence-corrected chi connectivity index (χ0v) is 11.9. The Balaban J connectivity index is 1.57. The van der Waals surface area contributed by atoms with Crippen LogP contribution in [0.2, 0.25) is 0 Å². The smallest absolute Gasteiger partial charge is 0.119 e. The zero-order chi connectivity index (χ0) is 14.2. The van der Waals surface area contributed by atoms with Crippen LogP contribution in [0, 0.1) is 6.92 Å². The van der Waals surface area contributed by atoms with Gasteiger partial charge in [0.1, 0.15) is 18.5 Å². The number of rotatable bonds is 7. The Bertz CT molecular complexity index is 376. The van der Waals surface area contributed by atoms with Gasteiger partial charge in [-0.15, -0.1) is 0 Å². The number of aliphatic hydroxyl groups excluding tert-OH is 1. The molecule has 20 heavy (non-hydrogen) atoms. The van der Waals surface area contributed by atoms with Crippen molar-refractivity contribution in [2.24, 2.45) is 0 Å². The highest BCUT2D eigenvalue weighted by atomic mass is 16.6. The maximum Gasteiger partial charge on any atom is 0.119 e. The van der Waals surface area contributed by atoms with Crippen molar-refractivity contribution in [3.8, 4) is 5.75 Å². The van der Waals surface area contributed by atoms with E-state index < -0.39 is 6.10 Å². The van der Waals surface area contributed by atoms with Gasteiger partial charge in [0.2, 0.25) is 0 Å². The Morgan fingerprint density at radius 2 is 2.15 bits per heavy atom. The average molecular weight is 281 g/mol. The maximum absolute atomic E-state index is 9.83. The van der Waals surface area contributed by atoms with Crippen LogP contribution in [0.25, 0.3) is 0 Å². The summed E-state index contributed by atoms with van der Waals surface area (Å²) in [6, 6.07) is 7.78. The standard InChI is InChI=1S/C15H23NO4/c1-12-2-4-14(5-3-12)20-10-13(17)8-16-9-15-11-18-6-7-19-15/h2-5,13,15-17H,6-11H2,1H3. The van der Waals surface area contributed by atoms with Crippen LogP contribution in [0.3, 0.4) is 0 Å². The Labute approximate surface area is 119 Å². The lowest BCUT2D eigenvalue weighted by Crippen LogP contribution is -2.41. The van der Waals surface area contributed by atoms with Crippen molar-refractivity contribution in [1.82, 2.24) is 5.32 Å². The van der Waals surface area contributed by atoms with Crippen molar-refractivity contribution in [3.63, 3.8) is 0 Å². The Hall–Kier alpha value is -1.14. The third-order valence-electron chi connectivity index (χ3n) is 3.10. The van der Waals surface area contributed by atoms with E-state index in [1.54, 1.807) is 0 Å². The van der Waals surface area contributed by atoms with Crippen LogP contribution in [0.5, 0.6) is 5.75 Å². The van der Waals surface area contributed by atoms with E-state index in [1.165, 1.54) is 5.56 Å². The quantitative estimate of drug-likeness (QED) is 0.772. The molecule has 5 heteroatoms. The molecule has 1 aliphatic rings. The van der Waals surface area contributed by atoms with Crippen LogP contribution in [-0.2, 0) is 9.47 Å². The van der Waals surface area contributed by atoms with Gasteiger partial charge in [-0.1, -0.05) is 17.7 Å². The molecule has 2 unspecified atom stereocenters. The first-order valence-electron chi connectivity index (χ1n) is 7.01. The first-order chi connectivity index (χ1) is 9.74. The highest BCUT2D eigenvalue weighted by Crippen LogP contribution is 2.11. The summed E-state index contributed by atoms with van der Waals surface area (Å²) in [5, 5.41) is 13.0. The molecule has 2 atom stereocenters. The van der Waals surface area contributed by atoms with Crippen LogP contribution in [0.15, 0.2) is 24.3 Å². The fraction of sp³-hybridized carbons (Fsp3) is 0.600. The molecular weight excluding hydrogens is 258 g/mol. The first kappa shape index (κ1) is 15.3. The number of aliphatic hydroxyl groups is 1. The predicted molar refractivity (Wildman–Crippen MR) is 76.1 cm³/mol. The summed E-state index contributed by atoms with van der Waals surface area (Å²) in [4.78, 5) is 0. The minimum Gasteiger partial charge on any atom is -0.491 e. The number of hydrogen-bond acceptors (Lipinski definition) is 5. The second-order valence-electron chi connectivity index (χ2n) is 5.00. The molecule has 1 fully saturated rings. The van der Waals surface area contributed by atoms with Crippen molar-refractivity contribution in [2.45, 2.75) is 19.1 Å². The van der Waals surface area contributed by atoms with Crippen molar-refractivity contribution in [1.29, 1.82) is 0 Å². The molecule has 1 aliphatic heterocycles. The minimum atomic E-state index is -0.541. The highest BCUT2D eigenvalue weighted by molar-refractivity contribution is 5.26. The van der Waals surface area contributed by atoms with Crippen LogP contribution in [0.4, 0.5) is 0 Å². The Morgan fingerprint density at radius 3 is 2.85 bits per heavy atom. The van der Waals surface area contributed by atoms with E-state index in [-0.39, 0.29) is 12.7 Å². The SMILES string of the molecule is Cc1ccc(OCC(O)CNCC2COCCO2)cc1. The highest BCUT2D eigenvalue weighted by Gasteiger charge is 2.14. The van der Waals surface area contributed by atoms with Crippen molar-refractivity contribution < 1.29 is 19.3 Å². The molecule has 1 aromatic rings. The maximum atomic E-state index is 9.83. The minimum absolute atomic E-state index is 0.0777. The summed E-state index contributed by atoms with van der Waals surface area (Å²) in [6.07, 6.45) is -0.463. The van der Waals surface area contributed by atoms with E-state index in [2.05, 4.69) is 5.32 Å². The van der Waals surface area contributed by atoms with Crippen LogP contribution < -0.4 is 10.1 Å². The van der Waals surface area contributed by atoms with Gasteiger partial charge in [0.05, 0.1) is 25.9 Å². The summed E-state index contributed by atoms with van der Waals surface area (Å²) in [5.74, 6) is 0.777. The molecule has 0 radical (unpaired) electrons. The van der Waals surface area contributed by atoms with Crippen LogP contribution >= 0.6 is 0 Å². The molecule has 5 nitrogen and oxygen atoms in total. The van der Waals surface area contributed by atoms with Gasteiger partial charge in [-0.3, -0.25) is 0 Å². The lowest BCUT2D eigenvalue weighted by molar-refractivity contribution is -0.0869. The van der Waals surface area contributed by atoms with Gasteiger partial charge in [0.25, 0.3) is 0 Å². The summed E-state index contributed by atoms with van der Waals surface area (Å²) in [6.45, 7) is 5.39. The van der Waals surface area contributed by atoms with E-state index in [1.807, 2.05) is 31.2 Å². The molecule has 0 aliphatic carbocycles. The predicted octanol–water partition coefficient (Wildman–Crippen LogP) is 0.740. The third-order valence-corrected chi connectivity index (χ3v) is 3.10. The summed E-state index contributed by atoms with van der Waals surface area (Å²) in [7, 11) is 0. The van der Waals surface area contributed by atoms with Crippen LogP contribution in [-0.4, -0.2) is 56.8 Å². The fourth-order valence-electron chi connectivity index (χ4n) is 1.95. The van der Waals surface area contributed by atoms with Crippen LogP contribution in [0.1, 0.15) is 5.56 Å². The number of hydrogen-bond donors (Lipinski definition) is 2. The largest absolute Gasteiger partial charge is 0.491 e. The Morgan fingerprint density at radius 1 is 1.35 bits per heavy atom. The average Bonchev–Trinajstić information content (AvgIpc) is 2.48. The molecule has 1 aromatic carbocycles. The van der Waals surface area contributed by atoms with Crippen molar-refractivity contribution >= 4 is 0 Å². The Kier molecular flexibility index (Phi) is 6.26. The van der Waals surface area contributed by atoms with Crippen molar-refractivity contribution in [2.75, 3.05) is 39.5 Å². The van der Waals surface area contributed by atoms with Crippen molar-refractivity contribution in [3.05, 3.63) is 29.8 Å². The molecule has 1 saturated heterocycles. The number of ether oxygens (including phenoxy) is 3. The van der Waals surface area contributed by atoms with Gasteiger partial charge in [-0.2, -0.15) is 0 Å².